The molecule has 2 heterocycles. The standard InChI is InChI=1S/C14H19N3O4/c1-10-7-12(18)11(8-15-10)14(21)17-4-2-3-16(5-6-17)9-13(19)20/h7-8H,2-6,9H2,1H3,(H,15,18)(H,19,20). The van der Waals surface area contributed by atoms with Gasteiger partial charge in [0, 0.05) is 44.1 Å². The van der Waals surface area contributed by atoms with E-state index in [0.29, 0.717) is 38.3 Å². The van der Waals surface area contributed by atoms with Gasteiger partial charge in [-0.3, -0.25) is 19.3 Å². The van der Waals surface area contributed by atoms with Crippen LogP contribution in [0, 0.1) is 6.92 Å². The number of hydrogen-bond acceptors (Lipinski definition) is 4. The van der Waals surface area contributed by atoms with E-state index in [4.69, 9.17) is 5.11 Å². The maximum absolute atomic E-state index is 12.4. The number of carbonyl (C=O) groups excluding carboxylic acids is 1. The third-order valence-corrected chi connectivity index (χ3v) is 3.52. The van der Waals surface area contributed by atoms with Crippen molar-refractivity contribution in [1.82, 2.24) is 14.8 Å². The van der Waals surface area contributed by atoms with Gasteiger partial charge >= 0.3 is 5.97 Å². The molecule has 2 N–H and O–H groups in total. The summed E-state index contributed by atoms with van der Waals surface area (Å²) in [5.74, 6) is -1.17. The lowest BCUT2D eigenvalue weighted by molar-refractivity contribution is -0.138. The summed E-state index contributed by atoms with van der Waals surface area (Å²) in [6.45, 7) is 3.84. The van der Waals surface area contributed by atoms with Gasteiger partial charge in [0.15, 0.2) is 5.43 Å². The largest absolute Gasteiger partial charge is 0.480 e. The van der Waals surface area contributed by atoms with Crippen molar-refractivity contribution in [2.24, 2.45) is 0 Å². The smallest absolute Gasteiger partial charge is 0.317 e. The van der Waals surface area contributed by atoms with E-state index >= 15 is 0 Å². The van der Waals surface area contributed by atoms with Gasteiger partial charge in [-0.2, -0.15) is 0 Å². The number of pyridine rings is 1. The van der Waals surface area contributed by atoms with Crippen molar-refractivity contribution >= 4 is 11.9 Å². The van der Waals surface area contributed by atoms with Gasteiger partial charge in [0.05, 0.1) is 6.54 Å². The Labute approximate surface area is 122 Å². The molecule has 114 valence electrons. The topological polar surface area (TPSA) is 93.7 Å². The van der Waals surface area contributed by atoms with Gasteiger partial charge in [0.2, 0.25) is 0 Å². The molecule has 0 unspecified atom stereocenters. The number of H-pyrrole nitrogens is 1. The second-order valence-corrected chi connectivity index (χ2v) is 5.21. The normalized spacial score (nSPS) is 16.5. The van der Waals surface area contributed by atoms with Crippen molar-refractivity contribution in [2.45, 2.75) is 13.3 Å². The first kappa shape index (κ1) is 15.2. The lowest BCUT2D eigenvalue weighted by Crippen LogP contribution is -2.38. The van der Waals surface area contributed by atoms with Crippen molar-refractivity contribution in [1.29, 1.82) is 0 Å². The number of nitrogens with one attached hydrogen (secondary N) is 1. The molecular weight excluding hydrogens is 274 g/mol. The SMILES string of the molecule is Cc1cc(=O)c(C(=O)N2CCCN(CC(=O)O)CC2)c[nH]1. The molecule has 0 spiro atoms. The van der Waals surface area contributed by atoms with Crippen LogP contribution in [0.2, 0.25) is 0 Å². The summed E-state index contributed by atoms with van der Waals surface area (Å²) < 4.78 is 0. The molecule has 0 bridgehead atoms. The minimum absolute atomic E-state index is 0.0207. The molecule has 0 aromatic carbocycles. The third kappa shape index (κ3) is 3.91. The number of aromatic nitrogens is 1. The maximum Gasteiger partial charge on any atom is 0.317 e. The van der Waals surface area contributed by atoms with Crippen molar-refractivity contribution in [3.05, 3.63) is 33.7 Å². The van der Waals surface area contributed by atoms with Crippen LogP contribution in [0.1, 0.15) is 22.5 Å². The molecule has 1 amide bonds. The summed E-state index contributed by atoms with van der Waals surface area (Å²) >= 11 is 0. The highest BCUT2D eigenvalue weighted by molar-refractivity contribution is 5.93. The van der Waals surface area contributed by atoms with Crippen molar-refractivity contribution in [2.75, 3.05) is 32.7 Å². The Bertz CT molecular complexity index is 596. The number of hydrogen-bond donors (Lipinski definition) is 2. The number of rotatable bonds is 3. The molecule has 1 aromatic rings. The molecule has 1 fully saturated rings. The summed E-state index contributed by atoms with van der Waals surface area (Å²) in [7, 11) is 0. The lowest BCUT2D eigenvalue weighted by Gasteiger charge is -2.21. The second kappa shape index (κ2) is 6.53. The predicted molar refractivity (Wildman–Crippen MR) is 76.4 cm³/mol. The zero-order valence-electron chi connectivity index (χ0n) is 12.0. The van der Waals surface area contributed by atoms with Gasteiger partial charge in [0.25, 0.3) is 5.91 Å². The van der Waals surface area contributed by atoms with Gasteiger partial charge in [-0.15, -0.1) is 0 Å². The van der Waals surface area contributed by atoms with Crippen LogP contribution in [-0.4, -0.2) is 64.5 Å². The average molecular weight is 293 g/mol. The highest BCUT2D eigenvalue weighted by Gasteiger charge is 2.22. The number of nitrogens with zero attached hydrogens (tertiary/aromatic N) is 2. The molecular formula is C14H19N3O4. The van der Waals surface area contributed by atoms with E-state index in [1.54, 1.807) is 16.7 Å². The fourth-order valence-electron chi connectivity index (χ4n) is 2.43. The number of carboxylic acid groups (broad SMARTS) is 1. The number of amides is 1. The van der Waals surface area contributed by atoms with Crippen molar-refractivity contribution in [3.63, 3.8) is 0 Å². The van der Waals surface area contributed by atoms with Gasteiger partial charge in [0.1, 0.15) is 5.56 Å². The van der Waals surface area contributed by atoms with Crippen LogP contribution in [0.4, 0.5) is 0 Å². The van der Waals surface area contributed by atoms with E-state index in [1.165, 1.54) is 12.3 Å². The van der Waals surface area contributed by atoms with Crippen LogP contribution in [0.15, 0.2) is 17.1 Å². The summed E-state index contributed by atoms with van der Waals surface area (Å²) in [6.07, 6.45) is 2.14. The molecule has 1 aromatic heterocycles. The van der Waals surface area contributed by atoms with Crippen molar-refractivity contribution in [3.8, 4) is 0 Å². The molecule has 2 rings (SSSR count). The molecule has 0 aliphatic carbocycles. The monoisotopic (exact) mass is 293 g/mol. The molecule has 21 heavy (non-hydrogen) atoms. The lowest BCUT2D eigenvalue weighted by atomic mass is 10.2. The van der Waals surface area contributed by atoms with Crippen LogP contribution < -0.4 is 5.43 Å². The zero-order chi connectivity index (χ0) is 15.4. The molecule has 0 radical (unpaired) electrons. The second-order valence-electron chi connectivity index (χ2n) is 5.21. The van der Waals surface area contributed by atoms with Crippen LogP contribution >= 0.6 is 0 Å². The van der Waals surface area contributed by atoms with Crippen LogP contribution in [0.25, 0.3) is 0 Å². The van der Waals surface area contributed by atoms with E-state index in [0.717, 1.165) is 0 Å². The van der Waals surface area contributed by atoms with E-state index in [-0.39, 0.29) is 23.4 Å². The summed E-state index contributed by atoms with van der Waals surface area (Å²) in [5, 5.41) is 8.81. The number of aliphatic carboxylic acids is 1. The van der Waals surface area contributed by atoms with Crippen LogP contribution in [0.3, 0.4) is 0 Å². The molecule has 7 nitrogen and oxygen atoms in total. The Morgan fingerprint density at radius 2 is 2.05 bits per heavy atom. The van der Waals surface area contributed by atoms with E-state index in [1.807, 2.05) is 0 Å². The highest BCUT2D eigenvalue weighted by Crippen LogP contribution is 2.07. The van der Waals surface area contributed by atoms with Gasteiger partial charge in [-0.05, 0) is 13.3 Å². The molecule has 0 atom stereocenters. The van der Waals surface area contributed by atoms with Gasteiger partial charge < -0.3 is 15.0 Å². The fourth-order valence-corrected chi connectivity index (χ4v) is 2.43. The molecule has 1 aliphatic heterocycles. The molecule has 0 saturated carbocycles. The highest BCUT2D eigenvalue weighted by atomic mass is 16.4. The Hall–Kier alpha value is -2.15. The predicted octanol–water partition coefficient (Wildman–Crippen LogP) is -0.0842. The summed E-state index contributed by atoms with van der Waals surface area (Å²) in [4.78, 5) is 41.3. The van der Waals surface area contributed by atoms with Gasteiger partial charge in [-0.25, -0.2) is 0 Å². The number of aryl methyl sites for hydroxylation is 1. The summed E-state index contributed by atoms with van der Waals surface area (Å²) in [5.41, 5.74) is 0.551. The quantitative estimate of drug-likeness (QED) is 0.812. The van der Waals surface area contributed by atoms with Gasteiger partial charge in [-0.1, -0.05) is 0 Å². The zero-order valence-corrected chi connectivity index (χ0v) is 12.0. The first-order chi connectivity index (χ1) is 9.97. The Morgan fingerprint density at radius 1 is 1.29 bits per heavy atom. The number of carboxylic acids is 1. The molecule has 1 aliphatic rings. The Morgan fingerprint density at radius 3 is 2.71 bits per heavy atom. The number of aromatic amines is 1. The van der Waals surface area contributed by atoms with Crippen molar-refractivity contribution < 1.29 is 14.7 Å². The minimum Gasteiger partial charge on any atom is -0.480 e. The number of carbonyl (C=O) groups is 2. The molecule has 1 saturated heterocycles. The third-order valence-electron chi connectivity index (χ3n) is 3.52. The minimum atomic E-state index is -0.871. The van der Waals surface area contributed by atoms with E-state index in [2.05, 4.69) is 4.98 Å². The average Bonchev–Trinajstić information content (AvgIpc) is 2.63. The first-order valence-corrected chi connectivity index (χ1v) is 6.90. The fraction of sp³-hybridized carbons (Fsp3) is 0.500. The van der Waals surface area contributed by atoms with Crippen LogP contribution in [0.5, 0.6) is 0 Å². The Balaban J connectivity index is 2.06. The maximum atomic E-state index is 12.4. The van der Waals surface area contributed by atoms with E-state index < -0.39 is 5.97 Å². The summed E-state index contributed by atoms with van der Waals surface area (Å²) in [6, 6.07) is 1.40. The van der Waals surface area contributed by atoms with Crippen LogP contribution in [-0.2, 0) is 4.79 Å². The van der Waals surface area contributed by atoms with E-state index in [9.17, 15) is 14.4 Å². The molecule has 7 heteroatoms. The first-order valence-electron chi connectivity index (χ1n) is 6.90. The Kier molecular flexibility index (Phi) is 4.74.